The fourth-order valence-corrected chi connectivity index (χ4v) is 0.744. The van der Waals surface area contributed by atoms with Crippen molar-refractivity contribution in [3.63, 3.8) is 0 Å². The van der Waals surface area contributed by atoms with Gasteiger partial charge in [-0.25, -0.2) is 0 Å². The SMILES string of the molecule is C=CCC(N)c1nc(C)no1. The van der Waals surface area contributed by atoms with Crippen molar-refractivity contribution in [2.45, 2.75) is 19.4 Å². The lowest BCUT2D eigenvalue weighted by Crippen LogP contribution is -2.09. The maximum atomic E-state index is 5.65. The molecule has 2 N–H and O–H groups in total. The van der Waals surface area contributed by atoms with Gasteiger partial charge in [-0.05, 0) is 13.3 Å². The predicted octanol–water partition coefficient (Wildman–Crippen LogP) is 0.954. The molecule has 4 nitrogen and oxygen atoms in total. The summed E-state index contributed by atoms with van der Waals surface area (Å²) in [5.41, 5.74) is 5.65. The molecular formula is C7H11N3O. The maximum Gasteiger partial charge on any atom is 0.243 e. The van der Waals surface area contributed by atoms with Crippen LogP contribution in [-0.4, -0.2) is 10.1 Å². The van der Waals surface area contributed by atoms with Gasteiger partial charge in [0.1, 0.15) is 0 Å². The van der Waals surface area contributed by atoms with Crippen molar-refractivity contribution >= 4 is 0 Å². The Morgan fingerprint density at radius 2 is 2.55 bits per heavy atom. The Labute approximate surface area is 65.1 Å². The number of nitrogens with two attached hydrogens (primary N) is 1. The zero-order valence-corrected chi connectivity index (χ0v) is 6.45. The molecule has 0 radical (unpaired) electrons. The number of hydrogen-bond acceptors (Lipinski definition) is 4. The highest BCUT2D eigenvalue weighted by molar-refractivity contribution is 4.92. The second-order valence-electron chi connectivity index (χ2n) is 2.31. The Hall–Kier alpha value is -1.16. The van der Waals surface area contributed by atoms with Crippen molar-refractivity contribution < 1.29 is 4.52 Å². The molecule has 0 bridgehead atoms. The fourth-order valence-electron chi connectivity index (χ4n) is 0.744. The number of aromatic nitrogens is 2. The summed E-state index contributed by atoms with van der Waals surface area (Å²) in [7, 11) is 0. The van der Waals surface area contributed by atoms with Crippen LogP contribution in [0.3, 0.4) is 0 Å². The zero-order chi connectivity index (χ0) is 8.27. The first-order chi connectivity index (χ1) is 5.24. The largest absolute Gasteiger partial charge is 0.338 e. The van der Waals surface area contributed by atoms with E-state index in [0.29, 0.717) is 18.1 Å². The average molecular weight is 153 g/mol. The summed E-state index contributed by atoms with van der Waals surface area (Å²) in [6, 6.07) is -0.214. The smallest absolute Gasteiger partial charge is 0.243 e. The Kier molecular flexibility index (Phi) is 2.38. The molecule has 1 rings (SSSR count). The molecule has 1 aromatic heterocycles. The number of hydrogen-bond donors (Lipinski definition) is 1. The molecule has 0 aliphatic carbocycles. The normalized spacial score (nSPS) is 12.9. The summed E-state index contributed by atoms with van der Waals surface area (Å²) in [6.07, 6.45) is 2.38. The van der Waals surface area contributed by atoms with Crippen LogP contribution in [-0.2, 0) is 0 Å². The molecule has 1 aromatic rings. The molecule has 0 aromatic carbocycles. The first-order valence-corrected chi connectivity index (χ1v) is 3.40. The minimum atomic E-state index is -0.214. The van der Waals surface area contributed by atoms with Gasteiger partial charge in [0.15, 0.2) is 5.82 Å². The van der Waals surface area contributed by atoms with E-state index in [9.17, 15) is 0 Å². The number of aryl methyl sites for hydroxylation is 1. The summed E-state index contributed by atoms with van der Waals surface area (Å²) in [5, 5.41) is 3.62. The summed E-state index contributed by atoms with van der Waals surface area (Å²) >= 11 is 0. The molecule has 1 unspecified atom stereocenters. The van der Waals surface area contributed by atoms with Crippen LogP contribution in [0.25, 0.3) is 0 Å². The molecule has 0 aliphatic heterocycles. The summed E-state index contributed by atoms with van der Waals surface area (Å²) in [5.74, 6) is 1.09. The van der Waals surface area contributed by atoms with E-state index in [1.54, 1.807) is 13.0 Å². The Balaban J connectivity index is 2.67. The molecule has 0 aliphatic rings. The topological polar surface area (TPSA) is 64.9 Å². The van der Waals surface area contributed by atoms with Crippen molar-refractivity contribution in [3.05, 3.63) is 24.4 Å². The van der Waals surface area contributed by atoms with E-state index in [-0.39, 0.29) is 6.04 Å². The van der Waals surface area contributed by atoms with Gasteiger partial charge in [0.05, 0.1) is 6.04 Å². The third-order valence-corrected chi connectivity index (χ3v) is 1.28. The Morgan fingerprint density at radius 3 is 3.00 bits per heavy atom. The standard InChI is InChI=1S/C7H11N3O/c1-3-4-6(8)7-9-5(2)10-11-7/h3,6H,1,4,8H2,2H3. The van der Waals surface area contributed by atoms with E-state index in [2.05, 4.69) is 16.7 Å². The monoisotopic (exact) mass is 153 g/mol. The average Bonchev–Trinajstić information content (AvgIpc) is 2.36. The summed E-state index contributed by atoms with van der Waals surface area (Å²) in [6.45, 7) is 5.32. The molecule has 1 atom stereocenters. The molecule has 0 amide bonds. The van der Waals surface area contributed by atoms with Crippen LogP contribution in [0, 0.1) is 6.92 Å². The third-order valence-electron chi connectivity index (χ3n) is 1.28. The molecule has 4 heteroatoms. The van der Waals surface area contributed by atoms with E-state index in [0.717, 1.165) is 0 Å². The second-order valence-corrected chi connectivity index (χ2v) is 2.31. The van der Waals surface area contributed by atoms with Gasteiger partial charge in [-0.3, -0.25) is 0 Å². The van der Waals surface area contributed by atoms with E-state index in [4.69, 9.17) is 10.3 Å². The quantitative estimate of drug-likeness (QED) is 0.657. The van der Waals surface area contributed by atoms with Crippen LogP contribution in [0.15, 0.2) is 17.2 Å². The highest BCUT2D eigenvalue weighted by Gasteiger charge is 2.10. The maximum absolute atomic E-state index is 5.65. The van der Waals surface area contributed by atoms with Gasteiger partial charge in [0.2, 0.25) is 5.89 Å². The van der Waals surface area contributed by atoms with Gasteiger partial charge in [-0.2, -0.15) is 4.98 Å². The molecule has 60 valence electrons. The lowest BCUT2D eigenvalue weighted by Gasteiger charge is -1.99. The molecule has 0 spiro atoms. The highest BCUT2D eigenvalue weighted by Crippen LogP contribution is 2.10. The van der Waals surface area contributed by atoms with Crippen molar-refractivity contribution in [1.29, 1.82) is 0 Å². The second kappa shape index (κ2) is 3.30. The van der Waals surface area contributed by atoms with Gasteiger partial charge in [-0.15, -0.1) is 6.58 Å². The third kappa shape index (κ3) is 1.88. The minimum Gasteiger partial charge on any atom is -0.338 e. The lowest BCUT2D eigenvalue weighted by molar-refractivity contribution is 0.352. The molecule has 0 fully saturated rings. The van der Waals surface area contributed by atoms with Gasteiger partial charge in [-0.1, -0.05) is 11.2 Å². The van der Waals surface area contributed by atoms with E-state index in [1.807, 2.05) is 0 Å². The first-order valence-electron chi connectivity index (χ1n) is 3.40. The molecule has 11 heavy (non-hydrogen) atoms. The van der Waals surface area contributed by atoms with Crippen molar-refractivity contribution in [2.75, 3.05) is 0 Å². The molecule has 1 heterocycles. The van der Waals surface area contributed by atoms with Crippen LogP contribution in [0.4, 0.5) is 0 Å². The van der Waals surface area contributed by atoms with Gasteiger partial charge < -0.3 is 10.3 Å². The van der Waals surface area contributed by atoms with Gasteiger partial charge >= 0.3 is 0 Å². The fraction of sp³-hybridized carbons (Fsp3) is 0.429. The van der Waals surface area contributed by atoms with Crippen LogP contribution in [0.1, 0.15) is 24.2 Å². The molecule has 0 saturated heterocycles. The van der Waals surface area contributed by atoms with Crippen LogP contribution in [0.2, 0.25) is 0 Å². The predicted molar refractivity (Wildman–Crippen MR) is 40.8 cm³/mol. The number of nitrogens with zero attached hydrogens (tertiary/aromatic N) is 2. The van der Waals surface area contributed by atoms with Crippen LogP contribution in [0.5, 0.6) is 0 Å². The van der Waals surface area contributed by atoms with Crippen LogP contribution < -0.4 is 5.73 Å². The summed E-state index contributed by atoms with van der Waals surface area (Å²) < 4.78 is 4.84. The zero-order valence-electron chi connectivity index (χ0n) is 6.45. The van der Waals surface area contributed by atoms with Gasteiger partial charge in [0, 0.05) is 0 Å². The van der Waals surface area contributed by atoms with Crippen molar-refractivity contribution in [3.8, 4) is 0 Å². The first kappa shape index (κ1) is 7.94. The van der Waals surface area contributed by atoms with E-state index in [1.165, 1.54) is 0 Å². The molecule has 0 saturated carbocycles. The van der Waals surface area contributed by atoms with Gasteiger partial charge in [0.25, 0.3) is 0 Å². The minimum absolute atomic E-state index is 0.214. The molecular weight excluding hydrogens is 142 g/mol. The Bertz CT molecular complexity index is 244. The lowest BCUT2D eigenvalue weighted by atomic mass is 10.2. The highest BCUT2D eigenvalue weighted by atomic mass is 16.5. The van der Waals surface area contributed by atoms with E-state index >= 15 is 0 Å². The van der Waals surface area contributed by atoms with E-state index < -0.39 is 0 Å². The number of rotatable bonds is 3. The van der Waals surface area contributed by atoms with Crippen molar-refractivity contribution in [1.82, 2.24) is 10.1 Å². The Morgan fingerprint density at radius 1 is 1.82 bits per heavy atom. The van der Waals surface area contributed by atoms with Crippen molar-refractivity contribution in [2.24, 2.45) is 5.73 Å². The van der Waals surface area contributed by atoms with Crippen LogP contribution >= 0.6 is 0 Å². The summed E-state index contributed by atoms with van der Waals surface area (Å²) in [4.78, 5) is 3.98.